The highest BCUT2D eigenvalue weighted by Crippen LogP contribution is 2.32. The van der Waals surface area contributed by atoms with E-state index in [0.717, 1.165) is 0 Å². The maximum Gasteiger partial charge on any atom is 0.419 e. The molecule has 0 saturated carbocycles. The molecule has 0 amide bonds. The summed E-state index contributed by atoms with van der Waals surface area (Å²) in [4.78, 5) is 0. The molecule has 0 spiro atoms. The molecule has 15 heavy (non-hydrogen) atoms. The second-order valence-corrected chi connectivity index (χ2v) is 2.58. The van der Waals surface area contributed by atoms with E-state index in [1.165, 1.54) is 6.92 Å². The normalized spacial score (nSPS) is 10.7. The van der Waals surface area contributed by atoms with E-state index in [0.29, 0.717) is 6.07 Å². The summed E-state index contributed by atoms with van der Waals surface area (Å²) in [6.45, 7) is 5.19. The van der Waals surface area contributed by atoms with Gasteiger partial charge in [0, 0.05) is 0 Å². The molecule has 0 saturated heterocycles. The summed E-state index contributed by atoms with van der Waals surface area (Å²) in [6, 6.07) is 0.683. The van der Waals surface area contributed by atoms with Crippen molar-refractivity contribution >= 4 is 0 Å². The van der Waals surface area contributed by atoms with Crippen molar-refractivity contribution in [1.29, 1.82) is 0 Å². The van der Waals surface area contributed by atoms with E-state index in [1.807, 2.05) is 13.8 Å². The van der Waals surface area contributed by atoms with Crippen molar-refractivity contribution in [1.82, 2.24) is 0 Å². The van der Waals surface area contributed by atoms with Gasteiger partial charge in [-0.05, 0) is 24.6 Å². The van der Waals surface area contributed by atoms with Gasteiger partial charge in [-0.3, -0.25) is 0 Å². The summed E-state index contributed by atoms with van der Waals surface area (Å²) in [5.41, 5.74) is -1.72. The zero-order valence-corrected chi connectivity index (χ0v) is 8.54. The molecule has 0 radical (unpaired) electrons. The van der Waals surface area contributed by atoms with Crippen molar-refractivity contribution in [3.63, 3.8) is 0 Å². The van der Waals surface area contributed by atoms with Gasteiger partial charge in [0.05, 0.1) is 5.56 Å². The van der Waals surface area contributed by atoms with Gasteiger partial charge >= 0.3 is 6.18 Å². The lowest BCUT2D eigenvalue weighted by atomic mass is 10.1. The van der Waals surface area contributed by atoms with Crippen molar-refractivity contribution in [3.05, 3.63) is 34.9 Å². The Hall–Kier alpha value is -1.13. The standard InChI is InChI=1S/C8H5F5.C2H6/c1-4-2-7(10)5(3-6(4)9)8(11,12)13;1-2/h2-3H,1H3;1-2H3. The first-order valence-corrected chi connectivity index (χ1v) is 4.35. The molecule has 0 atom stereocenters. The van der Waals surface area contributed by atoms with Crippen LogP contribution in [0, 0.1) is 18.6 Å². The van der Waals surface area contributed by atoms with Crippen LogP contribution in [0.15, 0.2) is 12.1 Å². The van der Waals surface area contributed by atoms with Crippen LogP contribution < -0.4 is 0 Å². The summed E-state index contributed by atoms with van der Waals surface area (Å²) in [7, 11) is 0. The molecule has 1 aromatic carbocycles. The molecule has 0 aliphatic carbocycles. The van der Waals surface area contributed by atoms with Crippen molar-refractivity contribution in [2.75, 3.05) is 0 Å². The first kappa shape index (κ1) is 13.9. The fraction of sp³-hybridized carbons (Fsp3) is 0.400. The van der Waals surface area contributed by atoms with Gasteiger partial charge in [0.15, 0.2) is 0 Å². The third kappa shape index (κ3) is 3.49. The molecule has 0 bridgehead atoms. The van der Waals surface area contributed by atoms with E-state index in [4.69, 9.17) is 0 Å². The summed E-state index contributed by atoms with van der Waals surface area (Å²) in [6.07, 6.45) is -4.85. The predicted molar refractivity (Wildman–Crippen MR) is 47.4 cm³/mol. The Labute approximate surface area is 84.7 Å². The minimum Gasteiger partial charge on any atom is -0.207 e. The topological polar surface area (TPSA) is 0 Å². The Kier molecular flexibility index (Phi) is 4.71. The van der Waals surface area contributed by atoms with Crippen LogP contribution in [-0.2, 0) is 6.18 Å². The lowest BCUT2D eigenvalue weighted by Gasteiger charge is -2.08. The maximum absolute atomic E-state index is 12.6. The summed E-state index contributed by atoms with van der Waals surface area (Å²) < 4.78 is 61.1. The minimum absolute atomic E-state index is 0.148. The van der Waals surface area contributed by atoms with Crippen LogP contribution in [0.5, 0.6) is 0 Å². The van der Waals surface area contributed by atoms with Gasteiger partial charge in [-0.25, -0.2) is 8.78 Å². The third-order valence-corrected chi connectivity index (χ3v) is 1.55. The van der Waals surface area contributed by atoms with Crippen LogP contribution in [0.4, 0.5) is 22.0 Å². The molecule has 1 rings (SSSR count). The van der Waals surface area contributed by atoms with Gasteiger partial charge in [0.1, 0.15) is 11.6 Å². The summed E-state index contributed by atoms with van der Waals surface area (Å²) in [5.74, 6) is -2.51. The molecule has 0 nitrogen and oxygen atoms in total. The van der Waals surface area contributed by atoms with Gasteiger partial charge in [-0.15, -0.1) is 0 Å². The highest BCUT2D eigenvalue weighted by atomic mass is 19.4. The van der Waals surface area contributed by atoms with Gasteiger partial charge in [-0.2, -0.15) is 13.2 Å². The zero-order chi connectivity index (χ0) is 12.2. The smallest absolute Gasteiger partial charge is 0.207 e. The van der Waals surface area contributed by atoms with Crippen molar-refractivity contribution < 1.29 is 22.0 Å². The molecular formula is C10H11F5. The van der Waals surface area contributed by atoms with Gasteiger partial charge in [0.25, 0.3) is 0 Å². The molecule has 1 aromatic rings. The molecule has 0 aliphatic rings. The van der Waals surface area contributed by atoms with E-state index in [1.54, 1.807) is 0 Å². The SMILES string of the molecule is CC.Cc1cc(F)c(C(F)(F)F)cc1F. The van der Waals surface area contributed by atoms with Crippen LogP contribution in [0.3, 0.4) is 0 Å². The zero-order valence-electron chi connectivity index (χ0n) is 8.54. The Morgan fingerprint density at radius 2 is 1.40 bits per heavy atom. The van der Waals surface area contributed by atoms with Crippen molar-refractivity contribution in [2.45, 2.75) is 26.9 Å². The average Bonchev–Trinajstić information content (AvgIpc) is 2.13. The van der Waals surface area contributed by atoms with E-state index >= 15 is 0 Å². The van der Waals surface area contributed by atoms with Crippen LogP contribution in [0.1, 0.15) is 25.0 Å². The van der Waals surface area contributed by atoms with Crippen LogP contribution in [0.25, 0.3) is 0 Å². The molecule has 0 aromatic heterocycles. The third-order valence-electron chi connectivity index (χ3n) is 1.55. The average molecular weight is 226 g/mol. The van der Waals surface area contributed by atoms with Gasteiger partial charge < -0.3 is 0 Å². The van der Waals surface area contributed by atoms with Gasteiger partial charge in [-0.1, -0.05) is 13.8 Å². The molecule has 0 fully saturated rings. The molecule has 0 N–H and O–H groups in total. The van der Waals surface area contributed by atoms with Crippen LogP contribution in [-0.4, -0.2) is 0 Å². The largest absolute Gasteiger partial charge is 0.419 e. The Morgan fingerprint density at radius 3 is 1.80 bits per heavy atom. The number of halogens is 5. The van der Waals surface area contributed by atoms with Crippen molar-refractivity contribution in [2.24, 2.45) is 0 Å². The fourth-order valence-corrected chi connectivity index (χ4v) is 0.864. The highest BCUT2D eigenvalue weighted by molar-refractivity contribution is 5.27. The van der Waals surface area contributed by atoms with E-state index in [9.17, 15) is 22.0 Å². The number of rotatable bonds is 0. The monoisotopic (exact) mass is 226 g/mol. The van der Waals surface area contributed by atoms with Crippen LogP contribution in [0.2, 0.25) is 0 Å². The minimum atomic E-state index is -4.85. The summed E-state index contributed by atoms with van der Waals surface area (Å²) >= 11 is 0. The Morgan fingerprint density at radius 1 is 0.933 bits per heavy atom. The molecule has 86 valence electrons. The number of alkyl halides is 3. The fourth-order valence-electron chi connectivity index (χ4n) is 0.864. The van der Waals surface area contributed by atoms with E-state index in [-0.39, 0.29) is 11.6 Å². The lowest BCUT2D eigenvalue weighted by molar-refractivity contribution is -0.140. The second-order valence-electron chi connectivity index (χ2n) is 2.58. The lowest BCUT2D eigenvalue weighted by Crippen LogP contribution is -2.09. The molecule has 0 aliphatic heterocycles. The van der Waals surface area contributed by atoms with Crippen molar-refractivity contribution in [3.8, 4) is 0 Å². The maximum atomic E-state index is 12.6. The first-order chi connectivity index (χ1) is 6.82. The first-order valence-electron chi connectivity index (χ1n) is 4.35. The molecular weight excluding hydrogens is 215 g/mol. The summed E-state index contributed by atoms with van der Waals surface area (Å²) in [5, 5.41) is 0. The molecule has 5 heteroatoms. The molecule has 0 unspecified atom stereocenters. The predicted octanol–water partition coefficient (Wildman–Crippen LogP) is 4.32. The second kappa shape index (κ2) is 5.09. The number of aryl methyl sites for hydroxylation is 1. The van der Waals surface area contributed by atoms with Crippen LogP contribution >= 0.6 is 0 Å². The molecule has 0 heterocycles. The quantitative estimate of drug-likeness (QED) is 0.578. The Bertz CT molecular complexity index is 327. The Balaban J connectivity index is 0.000000921. The number of hydrogen-bond donors (Lipinski definition) is 0. The number of benzene rings is 1. The number of hydrogen-bond acceptors (Lipinski definition) is 0. The van der Waals surface area contributed by atoms with Gasteiger partial charge in [0.2, 0.25) is 0 Å². The highest BCUT2D eigenvalue weighted by Gasteiger charge is 2.34. The van der Waals surface area contributed by atoms with E-state index < -0.39 is 23.4 Å². The van der Waals surface area contributed by atoms with E-state index in [2.05, 4.69) is 0 Å².